The van der Waals surface area contributed by atoms with Gasteiger partial charge in [0.15, 0.2) is 0 Å². The zero-order chi connectivity index (χ0) is 15.2. The first kappa shape index (κ1) is 15.0. The zero-order valence-corrected chi connectivity index (χ0v) is 12.0. The van der Waals surface area contributed by atoms with Crippen molar-refractivity contribution in [3.05, 3.63) is 39.0 Å². The highest BCUT2D eigenvalue weighted by molar-refractivity contribution is 6.37. The van der Waals surface area contributed by atoms with Crippen LogP contribution in [-0.2, 0) is 6.18 Å². The monoisotopic (exact) mass is 323 g/mol. The molecule has 0 spiro atoms. The maximum atomic E-state index is 12.7. The number of hydrogen-bond acceptors (Lipinski definition) is 2. The lowest BCUT2D eigenvalue weighted by molar-refractivity contribution is -0.137. The maximum Gasteiger partial charge on any atom is 0.416 e. The first-order valence-corrected chi connectivity index (χ1v) is 6.27. The third kappa shape index (κ3) is 2.45. The molecule has 0 aliphatic carbocycles. The van der Waals surface area contributed by atoms with E-state index in [9.17, 15) is 13.2 Å². The number of benzene rings is 1. The number of nitrogens with zero attached hydrogens (tertiary/aromatic N) is 2. The van der Waals surface area contributed by atoms with Gasteiger partial charge in [0, 0.05) is 5.56 Å². The smallest absolute Gasteiger partial charge is 0.383 e. The predicted molar refractivity (Wildman–Crippen MR) is 72.5 cm³/mol. The van der Waals surface area contributed by atoms with Crippen LogP contribution in [0, 0.1) is 13.8 Å². The number of alkyl halides is 3. The summed E-state index contributed by atoms with van der Waals surface area (Å²) in [6, 6.07) is 1.60. The van der Waals surface area contributed by atoms with Gasteiger partial charge in [0.25, 0.3) is 0 Å². The zero-order valence-electron chi connectivity index (χ0n) is 10.5. The topological polar surface area (TPSA) is 43.8 Å². The molecule has 1 aromatic heterocycles. The molecular formula is C12H10Cl2F3N3. The van der Waals surface area contributed by atoms with Crippen molar-refractivity contribution >= 4 is 29.0 Å². The Morgan fingerprint density at radius 3 is 2.00 bits per heavy atom. The van der Waals surface area contributed by atoms with Gasteiger partial charge in [-0.25, -0.2) is 4.68 Å². The van der Waals surface area contributed by atoms with E-state index in [1.165, 1.54) is 4.68 Å². The van der Waals surface area contributed by atoms with Crippen molar-refractivity contribution in [2.24, 2.45) is 0 Å². The second kappa shape index (κ2) is 4.86. The van der Waals surface area contributed by atoms with Gasteiger partial charge < -0.3 is 5.73 Å². The van der Waals surface area contributed by atoms with Gasteiger partial charge in [-0.15, -0.1) is 0 Å². The van der Waals surface area contributed by atoms with Crippen LogP contribution in [0.4, 0.5) is 19.0 Å². The highest BCUT2D eigenvalue weighted by Gasteiger charge is 2.32. The summed E-state index contributed by atoms with van der Waals surface area (Å²) in [5, 5.41) is 3.80. The molecule has 0 aliphatic rings. The molecule has 1 heterocycles. The number of hydrogen-bond donors (Lipinski definition) is 1. The maximum absolute atomic E-state index is 12.7. The summed E-state index contributed by atoms with van der Waals surface area (Å²) in [6.45, 7) is 3.48. The summed E-state index contributed by atoms with van der Waals surface area (Å²) in [5.74, 6) is 0.283. The average molecular weight is 324 g/mol. The van der Waals surface area contributed by atoms with E-state index in [0.29, 0.717) is 5.69 Å². The van der Waals surface area contributed by atoms with Crippen molar-refractivity contribution < 1.29 is 13.2 Å². The van der Waals surface area contributed by atoms with Crippen molar-refractivity contribution in [2.45, 2.75) is 20.0 Å². The molecule has 2 rings (SSSR count). The van der Waals surface area contributed by atoms with Gasteiger partial charge in [0.2, 0.25) is 0 Å². The Labute approximate surface area is 123 Å². The number of halogens is 5. The SMILES string of the molecule is Cc1nn(-c2c(Cl)cc(C(F)(F)F)cc2Cl)c(N)c1C. The number of anilines is 1. The molecule has 0 aliphatic heterocycles. The Bertz CT molecular complexity index is 654. The van der Waals surface area contributed by atoms with Gasteiger partial charge in [-0.2, -0.15) is 18.3 Å². The van der Waals surface area contributed by atoms with Crippen molar-refractivity contribution in [1.82, 2.24) is 9.78 Å². The van der Waals surface area contributed by atoms with Crippen molar-refractivity contribution in [2.75, 3.05) is 5.73 Å². The van der Waals surface area contributed by atoms with Crippen LogP contribution in [0.1, 0.15) is 16.8 Å². The molecule has 0 radical (unpaired) electrons. The third-order valence-electron chi connectivity index (χ3n) is 2.96. The Hall–Kier alpha value is -1.40. The second-order valence-electron chi connectivity index (χ2n) is 4.29. The van der Waals surface area contributed by atoms with E-state index < -0.39 is 11.7 Å². The van der Waals surface area contributed by atoms with E-state index in [-0.39, 0.29) is 21.6 Å². The van der Waals surface area contributed by atoms with Crippen LogP contribution < -0.4 is 5.73 Å². The van der Waals surface area contributed by atoms with Gasteiger partial charge in [-0.05, 0) is 26.0 Å². The van der Waals surface area contributed by atoms with Crippen molar-refractivity contribution in [3.8, 4) is 5.69 Å². The van der Waals surface area contributed by atoms with Gasteiger partial charge >= 0.3 is 6.18 Å². The normalized spacial score (nSPS) is 11.9. The molecule has 2 aromatic rings. The van der Waals surface area contributed by atoms with Crippen LogP contribution in [0.15, 0.2) is 12.1 Å². The molecule has 108 valence electrons. The van der Waals surface area contributed by atoms with Gasteiger partial charge in [0.05, 0.1) is 21.3 Å². The lowest BCUT2D eigenvalue weighted by Gasteiger charge is -2.13. The summed E-state index contributed by atoms with van der Waals surface area (Å²) < 4.78 is 39.2. The van der Waals surface area contributed by atoms with Crippen LogP contribution in [0.25, 0.3) is 5.69 Å². The second-order valence-corrected chi connectivity index (χ2v) is 5.11. The number of aryl methyl sites for hydroxylation is 1. The van der Waals surface area contributed by atoms with Crippen LogP contribution in [-0.4, -0.2) is 9.78 Å². The minimum Gasteiger partial charge on any atom is -0.383 e. The Balaban J connectivity index is 2.67. The van der Waals surface area contributed by atoms with E-state index in [1.807, 2.05) is 0 Å². The van der Waals surface area contributed by atoms with Gasteiger partial charge in [0.1, 0.15) is 11.5 Å². The molecule has 0 saturated heterocycles. The minimum atomic E-state index is -4.52. The Kier molecular flexibility index (Phi) is 3.64. The van der Waals surface area contributed by atoms with E-state index in [4.69, 9.17) is 28.9 Å². The number of nitrogen functional groups attached to an aromatic ring is 1. The van der Waals surface area contributed by atoms with E-state index >= 15 is 0 Å². The molecule has 0 fully saturated rings. The molecule has 1 aromatic carbocycles. The minimum absolute atomic E-state index is 0.134. The van der Waals surface area contributed by atoms with Crippen LogP contribution in [0.3, 0.4) is 0 Å². The van der Waals surface area contributed by atoms with E-state index in [1.54, 1.807) is 13.8 Å². The molecule has 0 atom stereocenters. The van der Waals surface area contributed by atoms with Crippen molar-refractivity contribution in [3.63, 3.8) is 0 Å². The van der Waals surface area contributed by atoms with E-state index in [0.717, 1.165) is 17.7 Å². The summed E-state index contributed by atoms with van der Waals surface area (Å²) in [5.41, 5.74) is 6.44. The average Bonchev–Trinajstić information content (AvgIpc) is 2.55. The van der Waals surface area contributed by atoms with Crippen LogP contribution in [0.5, 0.6) is 0 Å². The summed E-state index contributed by atoms with van der Waals surface area (Å²) in [7, 11) is 0. The molecule has 0 bridgehead atoms. The predicted octanol–water partition coefficient (Wildman–Crippen LogP) is 4.40. The quantitative estimate of drug-likeness (QED) is 0.845. The summed E-state index contributed by atoms with van der Waals surface area (Å²) in [6.07, 6.45) is -4.52. The number of nitrogens with two attached hydrogens (primary N) is 1. The number of aromatic nitrogens is 2. The summed E-state index contributed by atoms with van der Waals surface area (Å²) in [4.78, 5) is 0. The Morgan fingerprint density at radius 2 is 1.65 bits per heavy atom. The lowest BCUT2D eigenvalue weighted by atomic mass is 10.2. The fraction of sp³-hybridized carbons (Fsp3) is 0.250. The summed E-state index contributed by atoms with van der Waals surface area (Å²) >= 11 is 11.8. The lowest BCUT2D eigenvalue weighted by Crippen LogP contribution is -2.08. The largest absolute Gasteiger partial charge is 0.416 e. The molecular weight excluding hydrogens is 314 g/mol. The Morgan fingerprint density at radius 1 is 1.15 bits per heavy atom. The molecule has 2 N–H and O–H groups in total. The van der Waals surface area contributed by atoms with Gasteiger partial charge in [-0.1, -0.05) is 23.2 Å². The number of rotatable bonds is 1. The first-order chi connectivity index (χ1) is 9.12. The van der Waals surface area contributed by atoms with Gasteiger partial charge in [-0.3, -0.25) is 0 Å². The highest BCUT2D eigenvalue weighted by atomic mass is 35.5. The highest BCUT2D eigenvalue weighted by Crippen LogP contribution is 2.38. The van der Waals surface area contributed by atoms with Crippen LogP contribution in [0.2, 0.25) is 10.0 Å². The fourth-order valence-electron chi connectivity index (χ4n) is 1.73. The molecule has 3 nitrogen and oxygen atoms in total. The van der Waals surface area contributed by atoms with E-state index in [2.05, 4.69) is 5.10 Å². The van der Waals surface area contributed by atoms with Crippen molar-refractivity contribution in [1.29, 1.82) is 0 Å². The molecule has 0 saturated carbocycles. The molecule has 0 amide bonds. The van der Waals surface area contributed by atoms with Crippen LogP contribution >= 0.6 is 23.2 Å². The first-order valence-electron chi connectivity index (χ1n) is 5.51. The fourth-order valence-corrected chi connectivity index (χ4v) is 2.37. The molecule has 8 heteroatoms. The standard InChI is InChI=1S/C12H10Cl2F3N3/c1-5-6(2)19-20(11(5)18)10-8(13)3-7(4-9(10)14)12(15,16)17/h3-4H,18H2,1-2H3. The molecule has 0 unspecified atom stereocenters. The third-order valence-corrected chi connectivity index (χ3v) is 3.54. The molecule has 20 heavy (non-hydrogen) atoms.